The van der Waals surface area contributed by atoms with Crippen LogP contribution in [0, 0.1) is 0 Å². The van der Waals surface area contributed by atoms with E-state index in [2.05, 4.69) is 44.3 Å². The lowest BCUT2D eigenvalue weighted by Crippen LogP contribution is -2.26. The van der Waals surface area contributed by atoms with Crippen LogP contribution >= 0.6 is 0 Å². The van der Waals surface area contributed by atoms with E-state index in [1.54, 1.807) is 6.92 Å². The quantitative estimate of drug-likeness (QED) is 0.647. The predicted molar refractivity (Wildman–Crippen MR) is 77.7 cm³/mol. The number of aliphatic hydroxyl groups excluding tert-OH is 1. The first-order chi connectivity index (χ1) is 9.10. The summed E-state index contributed by atoms with van der Waals surface area (Å²) in [5.74, 6) is 1.67. The Labute approximate surface area is 114 Å². The highest BCUT2D eigenvalue weighted by atomic mass is 16.3. The Hall–Kier alpha value is -1.63. The van der Waals surface area contributed by atoms with Crippen molar-refractivity contribution < 1.29 is 5.11 Å². The first kappa shape index (κ1) is 15.4. The minimum atomic E-state index is -0.448. The van der Waals surface area contributed by atoms with Crippen LogP contribution in [0.4, 0.5) is 17.8 Å². The number of hydrogen-bond donors (Lipinski definition) is 3. The zero-order chi connectivity index (χ0) is 14.3. The maximum atomic E-state index is 9.30. The molecule has 0 amide bonds. The van der Waals surface area contributed by atoms with Crippen molar-refractivity contribution in [3.8, 4) is 0 Å². The third-order valence-electron chi connectivity index (χ3n) is 2.56. The van der Waals surface area contributed by atoms with E-state index in [1.165, 1.54) is 0 Å². The summed E-state index contributed by atoms with van der Waals surface area (Å²) >= 11 is 0. The molecule has 1 heterocycles. The molecule has 0 aromatic carbocycles. The van der Waals surface area contributed by atoms with Crippen molar-refractivity contribution >= 4 is 17.8 Å². The maximum absolute atomic E-state index is 9.30. The number of anilines is 3. The number of nitrogens with zero attached hydrogens (tertiary/aromatic N) is 4. The molecule has 1 aromatic rings. The molecule has 7 heteroatoms. The van der Waals surface area contributed by atoms with Gasteiger partial charge >= 0.3 is 0 Å². The number of nitrogens with one attached hydrogen (secondary N) is 2. The highest BCUT2D eigenvalue weighted by molar-refractivity contribution is 5.43. The molecule has 0 bridgehead atoms. The molecule has 0 radical (unpaired) electrons. The molecule has 1 unspecified atom stereocenters. The van der Waals surface area contributed by atoms with E-state index in [0.717, 1.165) is 19.6 Å². The summed E-state index contributed by atoms with van der Waals surface area (Å²) in [7, 11) is 0. The maximum Gasteiger partial charge on any atom is 0.231 e. The Balaban J connectivity index is 2.95. The summed E-state index contributed by atoms with van der Waals surface area (Å²) in [5, 5.41) is 15.4. The van der Waals surface area contributed by atoms with Crippen molar-refractivity contribution in [3.63, 3.8) is 0 Å². The van der Waals surface area contributed by atoms with Gasteiger partial charge in [0, 0.05) is 26.2 Å². The molecule has 0 fully saturated rings. The van der Waals surface area contributed by atoms with Gasteiger partial charge in [-0.25, -0.2) is 0 Å². The highest BCUT2D eigenvalue weighted by Gasteiger charge is 2.11. The van der Waals surface area contributed by atoms with Crippen molar-refractivity contribution in [3.05, 3.63) is 0 Å². The monoisotopic (exact) mass is 268 g/mol. The molecule has 0 aliphatic rings. The van der Waals surface area contributed by atoms with E-state index >= 15 is 0 Å². The SMILES string of the molecule is CCNc1nc(NCC(C)O)nc(N(CC)CC)n1. The number of aromatic nitrogens is 3. The third kappa shape index (κ3) is 4.86. The van der Waals surface area contributed by atoms with Gasteiger partial charge in [-0.05, 0) is 27.7 Å². The van der Waals surface area contributed by atoms with Gasteiger partial charge in [0.1, 0.15) is 0 Å². The van der Waals surface area contributed by atoms with Crippen molar-refractivity contribution in [2.75, 3.05) is 41.7 Å². The molecule has 19 heavy (non-hydrogen) atoms. The van der Waals surface area contributed by atoms with E-state index in [-0.39, 0.29) is 0 Å². The Morgan fingerprint density at radius 1 is 1.05 bits per heavy atom. The lowest BCUT2D eigenvalue weighted by atomic mass is 10.4. The minimum absolute atomic E-state index is 0.410. The molecular formula is C12H24N6O. The molecule has 7 nitrogen and oxygen atoms in total. The second-order valence-electron chi connectivity index (χ2n) is 4.22. The van der Waals surface area contributed by atoms with E-state index < -0.39 is 6.10 Å². The van der Waals surface area contributed by atoms with Gasteiger partial charge in [-0.2, -0.15) is 15.0 Å². The van der Waals surface area contributed by atoms with Gasteiger partial charge in [0.25, 0.3) is 0 Å². The largest absolute Gasteiger partial charge is 0.392 e. The lowest BCUT2D eigenvalue weighted by Gasteiger charge is -2.19. The summed E-state index contributed by atoms with van der Waals surface area (Å²) in [4.78, 5) is 15.1. The Bertz CT molecular complexity index is 380. The molecule has 1 rings (SSSR count). The van der Waals surface area contributed by atoms with Gasteiger partial charge < -0.3 is 20.6 Å². The van der Waals surface area contributed by atoms with Crippen LogP contribution in [0.3, 0.4) is 0 Å². The van der Waals surface area contributed by atoms with Crippen LogP contribution in [0.1, 0.15) is 27.7 Å². The van der Waals surface area contributed by atoms with E-state index in [1.807, 2.05) is 6.92 Å². The van der Waals surface area contributed by atoms with Crippen LogP contribution in [-0.2, 0) is 0 Å². The van der Waals surface area contributed by atoms with E-state index in [9.17, 15) is 5.11 Å². The topological polar surface area (TPSA) is 86.2 Å². The molecule has 3 N–H and O–H groups in total. The molecule has 0 spiro atoms. The molecule has 0 aliphatic heterocycles. The fourth-order valence-corrected chi connectivity index (χ4v) is 1.57. The van der Waals surface area contributed by atoms with Crippen LogP contribution in [0.2, 0.25) is 0 Å². The van der Waals surface area contributed by atoms with E-state index in [0.29, 0.717) is 24.4 Å². The highest BCUT2D eigenvalue weighted by Crippen LogP contribution is 2.13. The fraction of sp³-hybridized carbons (Fsp3) is 0.750. The van der Waals surface area contributed by atoms with Crippen molar-refractivity contribution in [2.45, 2.75) is 33.8 Å². The zero-order valence-electron chi connectivity index (χ0n) is 12.1. The molecular weight excluding hydrogens is 244 g/mol. The summed E-state index contributed by atoms with van der Waals surface area (Å²) in [6.07, 6.45) is -0.448. The van der Waals surface area contributed by atoms with Gasteiger partial charge in [-0.15, -0.1) is 0 Å². The van der Waals surface area contributed by atoms with Crippen LogP contribution in [0.25, 0.3) is 0 Å². The number of hydrogen-bond acceptors (Lipinski definition) is 7. The second-order valence-corrected chi connectivity index (χ2v) is 4.22. The summed E-state index contributed by atoms with van der Waals surface area (Å²) in [6, 6.07) is 0. The van der Waals surface area contributed by atoms with Crippen molar-refractivity contribution in [1.29, 1.82) is 0 Å². The average molecular weight is 268 g/mol. The Morgan fingerprint density at radius 3 is 2.11 bits per heavy atom. The predicted octanol–water partition coefficient (Wildman–Crippen LogP) is 0.942. The number of rotatable bonds is 8. The van der Waals surface area contributed by atoms with Crippen LogP contribution in [-0.4, -0.2) is 52.3 Å². The van der Waals surface area contributed by atoms with Crippen LogP contribution in [0.5, 0.6) is 0 Å². The van der Waals surface area contributed by atoms with Crippen LogP contribution < -0.4 is 15.5 Å². The lowest BCUT2D eigenvalue weighted by molar-refractivity contribution is 0.208. The first-order valence-corrected chi connectivity index (χ1v) is 6.77. The second kappa shape index (κ2) is 7.73. The Kier molecular flexibility index (Phi) is 6.27. The zero-order valence-corrected chi connectivity index (χ0v) is 12.1. The fourth-order valence-electron chi connectivity index (χ4n) is 1.57. The summed E-state index contributed by atoms with van der Waals surface area (Å²) in [5.41, 5.74) is 0. The summed E-state index contributed by atoms with van der Waals surface area (Å²) in [6.45, 7) is 10.6. The molecule has 0 aliphatic carbocycles. The standard InChI is InChI=1S/C12H24N6O/c1-5-13-10-15-11(14-8-9(4)19)17-12(16-10)18(6-2)7-3/h9,19H,5-8H2,1-4H3,(H2,13,14,15,16,17). The Morgan fingerprint density at radius 2 is 1.63 bits per heavy atom. The molecule has 0 saturated heterocycles. The minimum Gasteiger partial charge on any atom is -0.392 e. The van der Waals surface area contributed by atoms with Crippen molar-refractivity contribution in [1.82, 2.24) is 15.0 Å². The van der Waals surface area contributed by atoms with Gasteiger partial charge in [-0.1, -0.05) is 0 Å². The molecule has 108 valence electrons. The van der Waals surface area contributed by atoms with Gasteiger partial charge in [0.05, 0.1) is 6.10 Å². The average Bonchev–Trinajstić information content (AvgIpc) is 2.38. The normalized spacial score (nSPS) is 12.1. The van der Waals surface area contributed by atoms with Gasteiger partial charge in [0.2, 0.25) is 17.8 Å². The van der Waals surface area contributed by atoms with Crippen LogP contribution in [0.15, 0.2) is 0 Å². The molecule has 1 atom stereocenters. The smallest absolute Gasteiger partial charge is 0.231 e. The van der Waals surface area contributed by atoms with Gasteiger partial charge in [0.15, 0.2) is 0 Å². The molecule has 1 aromatic heterocycles. The van der Waals surface area contributed by atoms with Crippen molar-refractivity contribution in [2.24, 2.45) is 0 Å². The third-order valence-corrected chi connectivity index (χ3v) is 2.56. The van der Waals surface area contributed by atoms with Gasteiger partial charge in [-0.3, -0.25) is 0 Å². The van der Waals surface area contributed by atoms with E-state index in [4.69, 9.17) is 0 Å². The summed E-state index contributed by atoms with van der Waals surface area (Å²) < 4.78 is 0. The number of aliphatic hydroxyl groups is 1. The molecule has 0 saturated carbocycles. The first-order valence-electron chi connectivity index (χ1n) is 6.77.